The summed E-state index contributed by atoms with van der Waals surface area (Å²) in [5.74, 6) is -0.226. The molecule has 2 N–H and O–H groups in total. The molecule has 2 aromatic heterocycles. The zero-order valence-corrected chi connectivity index (χ0v) is 9.26. The fourth-order valence-electron chi connectivity index (χ4n) is 1.91. The molecule has 3 rings (SSSR count). The average Bonchev–Trinajstić information content (AvgIpc) is 3.07. The smallest absolute Gasteiger partial charge is 0.356 e. The van der Waals surface area contributed by atoms with Crippen molar-refractivity contribution in [3.05, 3.63) is 35.9 Å². The normalized spacial score (nSPS) is 15.3. The van der Waals surface area contributed by atoms with Gasteiger partial charge in [-0.2, -0.15) is 0 Å². The fourth-order valence-corrected chi connectivity index (χ4v) is 1.91. The summed E-state index contributed by atoms with van der Waals surface area (Å²) in [5, 5.41) is 12.4. The van der Waals surface area contributed by atoms with Crippen molar-refractivity contribution in [2.24, 2.45) is 0 Å². The van der Waals surface area contributed by atoms with Crippen molar-refractivity contribution in [2.75, 3.05) is 0 Å². The van der Waals surface area contributed by atoms with Crippen LogP contribution in [-0.2, 0) is 6.54 Å². The van der Waals surface area contributed by atoms with E-state index in [1.54, 1.807) is 6.07 Å². The maximum Gasteiger partial charge on any atom is 0.356 e. The van der Waals surface area contributed by atoms with E-state index in [0.717, 1.165) is 5.82 Å². The minimum absolute atomic E-state index is 0.123. The third-order valence-electron chi connectivity index (χ3n) is 2.95. The highest BCUT2D eigenvalue weighted by molar-refractivity contribution is 5.93. The Balaban J connectivity index is 2.00. The van der Waals surface area contributed by atoms with Gasteiger partial charge in [-0.3, -0.25) is 0 Å². The lowest BCUT2D eigenvalue weighted by Crippen LogP contribution is -2.17. The quantitative estimate of drug-likeness (QED) is 0.832. The van der Waals surface area contributed by atoms with Crippen LogP contribution in [0.5, 0.6) is 0 Å². The van der Waals surface area contributed by atoms with Gasteiger partial charge in [0, 0.05) is 12.2 Å². The van der Waals surface area contributed by atoms with Gasteiger partial charge in [0.05, 0.1) is 12.1 Å². The van der Waals surface area contributed by atoms with Gasteiger partial charge in [0.25, 0.3) is 0 Å². The first-order valence-electron chi connectivity index (χ1n) is 5.68. The molecule has 0 amide bonds. The molecular weight excluding hydrogens is 218 g/mol. The summed E-state index contributed by atoms with van der Waals surface area (Å²) in [7, 11) is 0. The van der Waals surface area contributed by atoms with E-state index < -0.39 is 5.97 Å². The Labute approximate surface area is 98.1 Å². The topological polar surface area (TPSA) is 66.6 Å². The van der Waals surface area contributed by atoms with Crippen LogP contribution in [0, 0.1) is 0 Å². The summed E-state index contributed by atoms with van der Waals surface area (Å²) in [6, 6.07) is 6.05. The predicted octanol–water partition coefficient (Wildman–Crippen LogP) is 1.28. The van der Waals surface area contributed by atoms with Crippen LogP contribution in [0.1, 0.15) is 29.2 Å². The summed E-state index contributed by atoms with van der Waals surface area (Å²) in [6.45, 7) is 0.614. The highest BCUT2D eigenvalue weighted by atomic mass is 16.4. The molecule has 0 atom stereocenters. The molecule has 1 fully saturated rings. The second-order valence-electron chi connectivity index (χ2n) is 4.29. The van der Waals surface area contributed by atoms with Crippen molar-refractivity contribution in [1.82, 2.24) is 14.7 Å². The van der Waals surface area contributed by atoms with E-state index in [2.05, 4.69) is 10.3 Å². The van der Waals surface area contributed by atoms with Crippen LogP contribution in [-0.4, -0.2) is 26.5 Å². The summed E-state index contributed by atoms with van der Waals surface area (Å²) in [5.41, 5.74) is 0.769. The van der Waals surface area contributed by atoms with E-state index in [4.69, 9.17) is 5.11 Å². The van der Waals surface area contributed by atoms with E-state index in [1.165, 1.54) is 12.8 Å². The highest BCUT2D eigenvalue weighted by Crippen LogP contribution is 2.20. The van der Waals surface area contributed by atoms with Crippen molar-refractivity contribution in [2.45, 2.75) is 25.4 Å². The first-order chi connectivity index (χ1) is 8.25. The SMILES string of the molecule is O=C(O)c1nc(CNC2CC2)n2ccccc12. The number of fused-ring (bicyclic) bond motifs is 1. The van der Waals surface area contributed by atoms with Crippen molar-refractivity contribution in [3.63, 3.8) is 0 Å². The van der Waals surface area contributed by atoms with Crippen LogP contribution in [0.15, 0.2) is 24.4 Å². The third kappa shape index (κ3) is 1.89. The lowest BCUT2D eigenvalue weighted by Gasteiger charge is -2.01. The van der Waals surface area contributed by atoms with E-state index in [0.29, 0.717) is 18.1 Å². The third-order valence-corrected chi connectivity index (χ3v) is 2.95. The molecule has 1 aliphatic carbocycles. The largest absolute Gasteiger partial charge is 0.476 e. The molecule has 5 heteroatoms. The Morgan fingerprint density at radius 1 is 1.53 bits per heavy atom. The zero-order valence-electron chi connectivity index (χ0n) is 9.26. The first kappa shape index (κ1) is 10.3. The number of carboxylic acid groups (broad SMARTS) is 1. The summed E-state index contributed by atoms with van der Waals surface area (Å²) in [4.78, 5) is 15.3. The Hall–Kier alpha value is -1.88. The molecule has 0 unspecified atom stereocenters. The molecule has 1 aliphatic rings. The number of aromatic carboxylic acids is 1. The van der Waals surface area contributed by atoms with Crippen molar-refractivity contribution in [1.29, 1.82) is 0 Å². The lowest BCUT2D eigenvalue weighted by molar-refractivity contribution is 0.0693. The highest BCUT2D eigenvalue weighted by Gasteiger charge is 2.22. The number of nitrogens with one attached hydrogen (secondary N) is 1. The van der Waals surface area contributed by atoms with Crippen LogP contribution in [0.3, 0.4) is 0 Å². The van der Waals surface area contributed by atoms with Gasteiger partial charge in [-0.1, -0.05) is 6.07 Å². The summed E-state index contributed by atoms with van der Waals surface area (Å²) in [6.07, 6.45) is 4.25. The maximum atomic E-state index is 11.1. The molecular formula is C12H13N3O2. The van der Waals surface area contributed by atoms with Gasteiger partial charge in [0.15, 0.2) is 5.69 Å². The zero-order chi connectivity index (χ0) is 11.8. The molecule has 0 aromatic carbocycles. The second kappa shape index (κ2) is 3.85. The van der Waals surface area contributed by atoms with Crippen LogP contribution in [0.4, 0.5) is 0 Å². The standard InChI is InChI=1S/C12H13N3O2/c16-12(17)11-9-3-1-2-6-15(9)10(14-11)7-13-8-4-5-8/h1-3,6,8,13H,4-5,7H2,(H,16,17). The fraction of sp³-hybridized carbons (Fsp3) is 0.333. The molecule has 0 bridgehead atoms. The van der Waals surface area contributed by atoms with Gasteiger partial charge in [0.2, 0.25) is 0 Å². The van der Waals surface area contributed by atoms with E-state index in [-0.39, 0.29) is 5.69 Å². The number of hydrogen-bond acceptors (Lipinski definition) is 3. The summed E-state index contributed by atoms with van der Waals surface area (Å²) >= 11 is 0. The van der Waals surface area contributed by atoms with Crippen molar-refractivity contribution < 1.29 is 9.90 Å². The number of carbonyl (C=O) groups is 1. The Kier molecular flexibility index (Phi) is 2.33. The first-order valence-corrected chi connectivity index (χ1v) is 5.68. The van der Waals surface area contributed by atoms with E-state index >= 15 is 0 Å². The number of hydrogen-bond donors (Lipinski definition) is 2. The molecule has 0 radical (unpaired) electrons. The van der Waals surface area contributed by atoms with Gasteiger partial charge in [0.1, 0.15) is 5.82 Å². The van der Waals surface area contributed by atoms with Crippen molar-refractivity contribution >= 4 is 11.5 Å². The number of rotatable bonds is 4. The molecule has 0 spiro atoms. The molecule has 0 aliphatic heterocycles. The Morgan fingerprint density at radius 2 is 2.35 bits per heavy atom. The van der Waals surface area contributed by atoms with Crippen LogP contribution < -0.4 is 5.32 Å². The predicted molar refractivity (Wildman–Crippen MR) is 62.0 cm³/mol. The van der Waals surface area contributed by atoms with Crippen molar-refractivity contribution in [3.8, 4) is 0 Å². The van der Waals surface area contributed by atoms with E-state index in [1.807, 2.05) is 22.7 Å². The Bertz CT molecular complexity index is 572. The van der Waals surface area contributed by atoms with Crippen LogP contribution in [0.25, 0.3) is 5.52 Å². The minimum atomic E-state index is -0.980. The summed E-state index contributed by atoms with van der Waals surface area (Å²) < 4.78 is 1.83. The number of aromatic nitrogens is 2. The molecule has 1 saturated carbocycles. The molecule has 17 heavy (non-hydrogen) atoms. The van der Waals surface area contributed by atoms with E-state index in [9.17, 15) is 4.79 Å². The molecule has 0 saturated heterocycles. The second-order valence-corrected chi connectivity index (χ2v) is 4.29. The molecule has 2 heterocycles. The minimum Gasteiger partial charge on any atom is -0.476 e. The number of nitrogens with zero attached hydrogens (tertiary/aromatic N) is 2. The maximum absolute atomic E-state index is 11.1. The van der Waals surface area contributed by atoms with Crippen LogP contribution >= 0.6 is 0 Å². The molecule has 88 valence electrons. The van der Waals surface area contributed by atoms with Gasteiger partial charge in [-0.05, 0) is 25.0 Å². The van der Waals surface area contributed by atoms with Crippen LogP contribution in [0.2, 0.25) is 0 Å². The monoisotopic (exact) mass is 231 g/mol. The Morgan fingerprint density at radius 3 is 3.06 bits per heavy atom. The number of carboxylic acids is 1. The number of imidazole rings is 1. The van der Waals surface area contributed by atoms with Gasteiger partial charge in [-0.25, -0.2) is 9.78 Å². The van der Waals surface area contributed by atoms with Gasteiger partial charge < -0.3 is 14.8 Å². The lowest BCUT2D eigenvalue weighted by atomic mass is 10.3. The number of pyridine rings is 1. The molecule has 5 nitrogen and oxygen atoms in total. The van der Waals surface area contributed by atoms with Gasteiger partial charge >= 0.3 is 5.97 Å². The van der Waals surface area contributed by atoms with Gasteiger partial charge in [-0.15, -0.1) is 0 Å². The average molecular weight is 231 g/mol. The molecule has 2 aromatic rings.